The minimum atomic E-state index is -1.08. The van der Waals surface area contributed by atoms with Crippen molar-refractivity contribution in [3.8, 4) is 0 Å². The molecule has 0 spiro atoms. The van der Waals surface area contributed by atoms with Gasteiger partial charge < -0.3 is 15.7 Å². The molecule has 10 heteroatoms. The Kier molecular flexibility index (Phi) is 9.18. The molecule has 0 fully saturated rings. The first-order valence-electron chi connectivity index (χ1n) is 10.8. The molecule has 0 bridgehead atoms. The second kappa shape index (κ2) is 11.4. The normalized spacial score (nSPS) is 16.9. The Bertz CT molecular complexity index is 1130. The predicted octanol–water partition coefficient (Wildman–Crippen LogP) is 4.98. The van der Waals surface area contributed by atoms with Gasteiger partial charge in [-0.15, -0.1) is 0 Å². The van der Waals surface area contributed by atoms with E-state index in [-0.39, 0.29) is 34.8 Å². The van der Waals surface area contributed by atoms with Crippen molar-refractivity contribution in [1.82, 2.24) is 10.3 Å². The molecule has 2 aromatic rings. The van der Waals surface area contributed by atoms with E-state index >= 15 is 0 Å². The standard InChI is InChI=1S/C15H19N3O3.C9H9Cl2NO/c1-5-9-6-10(13(19)20)11(16-7-9)12-17-14(21)15(4,18-12)8(2)3;1-2-9(13)12-6-3-4-7(10)8(11)5-6/h6-8H,5H2,1-4H3,(H,19,20)(H,17,18,21);3-5H,2H2,1H3,(H,12,13). The van der Waals surface area contributed by atoms with Crippen LogP contribution in [0.25, 0.3) is 0 Å². The van der Waals surface area contributed by atoms with E-state index < -0.39 is 11.5 Å². The summed E-state index contributed by atoms with van der Waals surface area (Å²) in [6.45, 7) is 9.25. The highest BCUT2D eigenvalue weighted by molar-refractivity contribution is 6.42. The van der Waals surface area contributed by atoms with Crippen LogP contribution in [0.4, 0.5) is 5.69 Å². The predicted molar refractivity (Wildman–Crippen MR) is 134 cm³/mol. The SMILES string of the molecule is CCC(=O)Nc1ccc(Cl)c(Cl)c1.CCc1cnc(C2=NC(C)(C(C)C)C(=O)N2)c(C(=O)O)c1. The lowest BCUT2D eigenvalue weighted by Gasteiger charge is -2.21. The van der Waals surface area contributed by atoms with Crippen molar-refractivity contribution in [3.05, 3.63) is 57.3 Å². The van der Waals surface area contributed by atoms with E-state index in [9.17, 15) is 19.5 Å². The molecule has 1 atom stereocenters. The van der Waals surface area contributed by atoms with Crippen molar-refractivity contribution in [2.45, 2.75) is 53.0 Å². The minimum Gasteiger partial charge on any atom is -0.478 e. The maximum absolute atomic E-state index is 12.1. The summed E-state index contributed by atoms with van der Waals surface area (Å²) in [5.74, 6) is -1.12. The summed E-state index contributed by atoms with van der Waals surface area (Å²) in [6, 6.07) is 6.55. The number of anilines is 1. The lowest BCUT2D eigenvalue weighted by molar-refractivity contribution is -0.124. The number of amidine groups is 1. The number of carbonyl (C=O) groups is 3. The minimum absolute atomic E-state index is 0.00167. The molecule has 182 valence electrons. The van der Waals surface area contributed by atoms with Gasteiger partial charge in [0.15, 0.2) is 5.84 Å². The van der Waals surface area contributed by atoms with Crippen LogP contribution >= 0.6 is 23.2 Å². The second-order valence-corrected chi connectivity index (χ2v) is 8.96. The first-order valence-corrected chi connectivity index (χ1v) is 11.6. The van der Waals surface area contributed by atoms with Crippen LogP contribution in [0.3, 0.4) is 0 Å². The number of aliphatic imine (C=N–C) groups is 1. The number of benzene rings is 1. The van der Waals surface area contributed by atoms with E-state index in [1.165, 1.54) is 0 Å². The highest BCUT2D eigenvalue weighted by Gasteiger charge is 2.43. The van der Waals surface area contributed by atoms with Crippen molar-refractivity contribution in [3.63, 3.8) is 0 Å². The van der Waals surface area contributed by atoms with Crippen LogP contribution in [0, 0.1) is 5.92 Å². The molecule has 1 aromatic carbocycles. The van der Waals surface area contributed by atoms with Gasteiger partial charge in [-0.1, -0.05) is 50.9 Å². The largest absolute Gasteiger partial charge is 0.478 e. The number of hydrogen-bond donors (Lipinski definition) is 3. The smallest absolute Gasteiger partial charge is 0.338 e. The number of aromatic nitrogens is 1. The molecule has 0 saturated heterocycles. The molecule has 2 heterocycles. The van der Waals surface area contributed by atoms with E-state index in [0.717, 1.165) is 5.56 Å². The molecule has 1 unspecified atom stereocenters. The summed E-state index contributed by atoms with van der Waals surface area (Å²) >= 11 is 11.5. The van der Waals surface area contributed by atoms with Gasteiger partial charge in [0.25, 0.3) is 5.91 Å². The van der Waals surface area contributed by atoms with E-state index in [2.05, 4.69) is 20.6 Å². The molecule has 1 aromatic heterocycles. The Labute approximate surface area is 208 Å². The summed E-state index contributed by atoms with van der Waals surface area (Å²) < 4.78 is 0. The number of nitrogens with zero attached hydrogens (tertiary/aromatic N) is 2. The number of pyridine rings is 1. The van der Waals surface area contributed by atoms with Crippen molar-refractivity contribution < 1.29 is 19.5 Å². The molecule has 3 rings (SSSR count). The van der Waals surface area contributed by atoms with Gasteiger partial charge >= 0.3 is 5.97 Å². The average Bonchev–Trinajstić information content (AvgIpc) is 3.11. The van der Waals surface area contributed by atoms with E-state index in [1.807, 2.05) is 20.8 Å². The third kappa shape index (κ3) is 6.33. The monoisotopic (exact) mass is 506 g/mol. The Morgan fingerprint density at radius 2 is 1.85 bits per heavy atom. The number of carboxylic acids is 1. The van der Waals surface area contributed by atoms with E-state index in [4.69, 9.17) is 23.2 Å². The van der Waals surface area contributed by atoms with Crippen LogP contribution < -0.4 is 10.6 Å². The molecule has 8 nitrogen and oxygen atoms in total. The fraction of sp³-hybridized carbons (Fsp3) is 0.375. The first kappa shape index (κ1) is 27.3. The highest BCUT2D eigenvalue weighted by Crippen LogP contribution is 2.27. The first-order chi connectivity index (χ1) is 15.9. The van der Waals surface area contributed by atoms with Crippen LogP contribution in [0.5, 0.6) is 0 Å². The third-order valence-corrected chi connectivity index (χ3v) is 6.23. The maximum Gasteiger partial charge on any atom is 0.338 e. The lowest BCUT2D eigenvalue weighted by atomic mass is 9.89. The Morgan fingerprint density at radius 3 is 2.35 bits per heavy atom. The van der Waals surface area contributed by atoms with Gasteiger partial charge in [0.05, 0.1) is 15.6 Å². The molecule has 0 radical (unpaired) electrons. The number of hydrogen-bond acceptors (Lipinski definition) is 5. The third-order valence-electron chi connectivity index (χ3n) is 5.49. The summed E-state index contributed by atoms with van der Waals surface area (Å²) in [5, 5.41) is 15.6. The van der Waals surface area contributed by atoms with Crippen molar-refractivity contribution >= 4 is 52.5 Å². The number of halogens is 2. The number of carbonyl (C=O) groups excluding carboxylic acids is 2. The van der Waals surface area contributed by atoms with Gasteiger partial charge in [0.2, 0.25) is 5.91 Å². The van der Waals surface area contributed by atoms with Crippen LogP contribution in [0.1, 0.15) is 62.7 Å². The molecular weight excluding hydrogens is 479 g/mol. The van der Waals surface area contributed by atoms with Crippen LogP contribution in [0.15, 0.2) is 35.5 Å². The summed E-state index contributed by atoms with van der Waals surface area (Å²) in [7, 11) is 0. The highest BCUT2D eigenvalue weighted by atomic mass is 35.5. The summed E-state index contributed by atoms with van der Waals surface area (Å²) in [5.41, 5.74) is 0.865. The van der Waals surface area contributed by atoms with Gasteiger partial charge in [0.1, 0.15) is 11.2 Å². The molecule has 2 amide bonds. The fourth-order valence-corrected chi connectivity index (χ4v) is 3.22. The maximum atomic E-state index is 12.1. The number of rotatable bonds is 6. The van der Waals surface area contributed by atoms with Crippen LogP contribution in [-0.2, 0) is 16.0 Å². The Balaban J connectivity index is 0.000000270. The molecule has 1 aliphatic heterocycles. The van der Waals surface area contributed by atoms with Gasteiger partial charge in [-0.05, 0) is 49.1 Å². The Hall–Kier alpha value is -2.97. The van der Waals surface area contributed by atoms with Crippen molar-refractivity contribution in [2.75, 3.05) is 5.32 Å². The number of aromatic carboxylic acids is 1. The lowest BCUT2D eigenvalue weighted by Crippen LogP contribution is -2.41. The molecular formula is C24H28Cl2N4O4. The molecule has 0 saturated carbocycles. The fourth-order valence-electron chi connectivity index (χ4n) is 2.92. The summed E-state index contributed by atoms with van der Waals surface area (Å²) in [4.78, 5) is 43.1. The zero-order valence-electron chi connectivity index (χ0n) is 19.7. The van der Waals surface area contributed by atoms with Crippen LogP contribution in [0.2, 0.25) is 10.0 Å². The van der Waals surface area contributed by atoms with Gasteiger partial charge in [0, 0.05) is 18.3 Å². The Morgan fingerprint density at radius 1 is 1.18 bits per heavy atom. The zero-order valence-corrected chi connectivity index (χ0v) is 21.2. The molecule has 34 heavy (non-hydrogen) atoms. The van der Waals surface area contributed by atoms with Crippen molar-refractivity contribution in [1.29, 1.82) is 0 Å². The van der Waals surface area contributed by atoms with E-state index in [0.29, 0.717) is 28.6 Å². The number of aryl methyl sites for hydroxylation is 1. The van der Waals surface area contributed by atoms with E-state index in [1.54, 1.807) is 44.3 Å². The van der Waals surface area contributed by atoms with Gasteiger partial charge in [-0.25, -0.2) is 9.79 Å². The van der Waals surface area contributed by atoms with Crippen LogP contribution in [-0.4, -0.2) is 39.2 Å². The average molecular weight is 507 g/mol. The molecule has 0 aliphatic carbocycles. The topological polar surface area (TPSA) is 121 Å². The van der Waals surface area contributed by atoms with Gasteiger partial charge in [-0.3, -0.25) is 14.6 Å². The number of nitrogens with one attached hydrogen (secondary N) is 2. The second-order valence-electron chi connectivity index (χ2n) is 8.15. The number of amides is 2. The molecule has 1 aliphatic rings. The number of carboxylic acid groups (broad SMARTS) is 1. The molecule has 3 N–H and O–H groups in total. The quantitative estimate of drug-likeness (QED) is 0.510. The van der Waals surface area contributed by atoms with Gasteiger partial charge in [-0.2, -0.15) is 0 Å². The zero-order chi connectivity index (χ0) is 25.6. The summed E-state index contributed by atoms with van der Waals surface area (Å²) in [6.07, 6.45) is 2.75. The van der Waals surface area contributed by atoms with Crippen molar-refractivity contribution in [2.24, 2.45) is 10.9 Å².